The number of hydrogen-bond donors (Lipinski definition) is 1. The zero-order valence-electron chi connectivity index (χ0n) is 9.69. The number of aliphatic hydroxyl groups is 1. The van der Waals surface area contributed by atoms with Crippen LogP contribution in [0.4, 0.5) is 0 Å². The molecule has 0 heterocycles. The summed E-state index contributed by atoms with van der Waals surface area (Å²) in [6.45, 7) is 5.71. The van der Waals surface area contributed by atoms with Gasteiger partial charge in [-0.05, 0) is 32.6 Å². The SMILES string of the molecule is CCOC(=O)[C@](C)(O)[C@H]1C=CC[C@H](C)C1. The van der Waals surface area contributed by atoms with E-state index in [0.717, 1.165) is 12.8 Å². The van der Waals surface area contributed by atoms with E-state index in [1.807, 2.05) is 12.2 Å². The molecule has 0 fully saturated rings. The van der Waals surface area contributed by atoms with E-state index in [9.17, 15) is 9.90 Å². The molecule has 3 nitrogen and oxygen atoms in total. The third kappa shape index (κ3) is 2.81. The van der Waals surface area contributed by atoms with Crippen molar-refractivity contribution in [3.8, 4) is 0 Å². The van der Waals surface area contributed by atoms with Crippen LogP contribution < -0.4 is 0 Å². The average molecular weight is 212 g/mol. The fourth-order valence-electron chi connectivity index (χ4n) is 1.93. The summed E-state index contributed by atoms with van der Waals surface area (Å²) in [6, 6.07) is 0. The van der Waals surface area contributed by atoms with Gasteiger partial charge in [0.25, 0.3) is 0 Å². The fraction of sp³-hybridized carbons (Fsp3) is 0.750. The number of rotatable bonds is 3. The third-order valence-corrected chi connectivity index (χ3v) is 2.97. The van der Waals surface area contributed by atoms with Crippen LogP contribution in [-0.2, 0) is 9.53 Å². The minimum Gasteiger partial charge on any atom is -0.464 e. The number of ether oxygens (including phenoxy) is 1. The molecule has 1 aliphatic carbocycles. The van der Waals surface area contributed by atoms with Crippen LogP contribution in [0.2, 0.25) is 0 Å². The predicted molar refractivity (Wildman–Crippen MR) is 58.3 cm³/mol. The predicted octanol–water partition coefficient (Wildman–Crippen LogP) is 1.90. The summed E-state index contributed by atoms with van der Waals surface area (Å²) >= 11 is 0. The van der Waals surface area contributed by atoms with E-state index in [0.29, 0.717) is 12.5 Å². The Morgan fingerprint density at radius 3 is 2.87 bits per heavy atom. The molecular formula is C12H20O3. The maximum absolute atomic E-state index is 11.6. The number of hydrogen-bond acceptors (Lipinski definition) is 3. The van der Waals surface area contributed by atoms with Crippen molar-refractivity contribution in [1.29, 1.82) is 0 Å². The maximum atomic E-state index is 11.6. The second kappa shape index (κ2) is 4.79. The molecule has 1 N–H and O–H groups in total. The Bertz CT molecular complexity index is 256. The van der Waals surface area contributed by atoms with Crippen molar-refractivity contribution in [1.82, 2.24) is 0 Å². The number of carbonyl (C=O) groups is 1. The molecule has 0 saturated heterocycles. The Morgan fingerprint density at radius 2 is 2.33 bits per heavy atom. The molecule has 1 aliphatic rings. The van der Waals surface area contributed by atoms with Crippen molar-refractivity contribution in [3.05, 3.63) is 12.2 Å². The summed E-state index contributed by atoms with van der Waals surface area (Å²) < 4.78 is 4.87. The smallest absolute Gasteiger partial charge is 0.338 e. The quantitative estimate of drug-likeness (QED) is 0.574. The molecule has 0 radical (unpaired) electrons. The van der Waals surface area contributed by atoms with E-state index in [-0.39, 0.29) is 5.92 Å². The first-order valence-electron chi connectivity index (χ1n) is 5.54. The molecule has 0 amide bonds. The zero-order valence-corrected chi connectivity index (χ0v) is 9.69. The summed E-state index contributed by atoms with van der Waals surface area (Å²) in [6.07, 6.45) is 5.82. The van der Waals surface area contributed by atoms with E-state index >= 15 is 0 Å². The van der Waals surface area contributed by atoms with Gasteiger partial charge in [0.05, 0.1) is 6.61 Å². The van der Waals surface area contributed by atoms with E-state index in [1.165, 1.54) is 6.92 Å². The Hall–Kier alpha value is -0.830. The topological polar surface area (TPSA) is 46.5 Å². The highest BCUT2D eigenvalue weighted by Gasteiger charge is 2.40. The van der Waals surface area contributed by atoms with Crippen molar-refractivity contribution in [2.75, 3.05) is 6.61 Å². The molecule has 0 bridgehead atoms. The van der Waals surface area contributed by atoms with E-state index in [1.54, 1.807) is 6.92 Å². The third-order valence-electron chi connectivity index (χ3n) is 2.97. The van der Waals surface area contributed by atoms with Crippen LogP contribution in [-0.4, -0.2) is 23.3 Å². The second-order valence-corrected chi connectivity index (χ2v) is 4.48. The van der Waals surface area contributed by atoms with Gasteiger partial charge in [-0.2, -0.15) is 0 Å². The van der Waals surface area contributed by atoms with Crippen molar-refractivity contribution >= 4 is 5.97 Å². The Kier molecular flexibility index (Phi) is 3.91. The van der Waals surface area contributed by atoms with Gasteiger partial charge in [-0.3, -0.25) is 0 Å². The molecular weight excluding hydrogens is 192 g/mol. The van der Waals surface area contributed by atoms with Crippen LogP contribution in [0.5, 0.6) is 0 Å². The summed E-state index contributed by atoms with van der Waals surface area (Å²) in [4.78, 5) is 11.6. The number of carbonyl (C=O) groups excluding carboxylic acids is 1. The van der Waals surface area contributed by atoms with Crippen molar-refractivity contribution in [2.24, 2.45) is 11.8 Å². The first-order chi connectivity index (χ1) is 6.98. The van der Waals surface area contributed by atoms with Crippen LogP contribution in [0.25, 0.3) is 0 Å². The minimum absolute atomic E-state index is 0.125. The van der Waals surface area contributed by atoms with Crippen molar-refractivity contribution < 1.29 is 14.6 Å². The van der Waals surface area contributed by atoms with Gasteiger partial charge in [-0.1, -0.05) is 19.1 Å². The normalized spacial score (nSPS) is 29.6. The van der Waals surface area contributed by atoms with Gasteiger partial charge in [-0.25, -0.2) is 4.79 Å². The Labute approximate surface area is 91.1 Å². The van der Waals surface area contributed by atoms with E-state index < -0.39 is 11.6 Å². The standard InChI is InChI=1S/C12H20O3/c1-4-15-11(13)12(3,14)10-7-5-6-9(2)8-10/h5,7,9-10,14H,4,6,8H2,1-3H3/t9-,10-,12+/m0/s1. The van der Waals surface area contributed by atoms with Gasteiger partial charge in [0.2, 0.25) is 0 Å². The minimum atomic E-state index is -1.39. The van der Waals surface area contributed by atoms with Crippen molar-refractivity contribution in [3.63, 3.8) is 0 Å². The largest absolute Gasteiger partial charge is 0.464 e. The average Bonchev–Trinajstić information content (AvgIpc) is 2.18. The number of allylic oxidation sites excluding steroid dienone is 1. The lowest BCUT2D eigenvalue weighted by Crippen LogP contribution is -2.44. The Balaban J connectivity index is 2.71. The van der Waals surface area contributed by atoms with Gasteiger partial charge >= 0.3 is 5.97 Å². The van der Waals surface area contributed by atoms with Crippen LogP contribution >= 0.6 is 0 Å². The van der Waals surface area contributed by atoms with Gasteiger partial charge in [0.15, 0.2) is 5.60 Å². The Morgan fingerprint density at radius 1 is 1.67 bits per heavy atom. The molecule has 0 spiro atoms. The van der Waals surface area contributed by atoms with Crippen LogP contribution in [0.3, 0.4) is 0 Å². The molecule has 1 rings (SSSR count). The highest BCUT2D eigenvalue weighted by atomic mass is 16.5. The molecule has 3 atom stereocenters. The molecule has 0 saturated carbocycles. The summed E-state index contributed by atoms with van der Waals surface area (Å²) in [7, 11) is 0. The molecule has 0 unspecified atom stereocenters. The lowest BCUT2D eigenvalue weighted by molar-refractivity contribution is -0.167. The van der Waals surface area contributed by atoms with Gasteiger partial charge in [0, 0.05) is 5.92 Å². The monoisotopic (exact) mass is 212 g/mol. The van der Waals surface area contributed by atoms with Crippen molar-refractivity contribution in [2.45, 2.75) is 39.2 Å². The highest BCUT2D eigenvalue weighted by molar-refractivity contribution is 5.79. The molecule has 3 heteroatoms. The first-order valence-corrected chi connectivity index (χ1v) is 5.54. The molecule has 0 aromatic carbocycles. The fourth-order valence-corrected chi connectivity index (χ4v) is 1.93. The molecule has 15 heavy (non-hydrogen) atoms. The van der Waals surface area contributed by atoms with Crippen LogP contribution in [0.15, 0.2) is 12.2 Å². The second-order valence-electron chi connectivity index (χ2n) is 4.48. The molecule has 0 aliphatic heterocycles. The van der Waals surface area contributed by atoms with Crippen LogP contribution in [0, 0.1) is 11.8 Å². The van der Waals surface area contributed by atoms with E-state index in [4.69, 9.17) is 4.74 Å². The number of esters is 1. The van der Waals surface area contributed by atoms with Crippen LogP contribution in [0.1, 0.15) is 33.6 Å². The summed E-state index contributed by atoms with van der Waals surface area (Å²) in [5.74, 6) is -0.130. The molecule has 0 aromatic rings. The zero-order chi connectivity index (χ0) is 11.5. The maximum Gasteiger partial charge on any atom is 0.338 e. The van der Waals surface area contributed by atoms with Gasteiger partial charge in [0.1, 0.15) is 0 Å². The molecule has 86 valence electrons. The summed E-state index contributed by atoms with van der Waals surface area (Å²) in [5, 5.41) is 10.1. The summed E-state index contributed by atoms with van der Waals surface area (Å²) in [5.41, 5.74) is -1.39. The van der Waals surface area contributed by atoms with E-state index in [2.05, 4.69) is 6.92 Å². The molecule has 0 aromatic heterocycles. The first kappa shape index (κ1) is 12.2. The highest BCUT2D eigenvalue weighted by Crippen LogP contribution is 2.31. The van der Waals surface area contributed by atoms with Gasteiger partial charge < -0.3 is 9.84 Å². The lowest BCUT2D eigenvalue weighted by Gasteiger charge is -2.32. The van der Waals surface area contributed by atoms with Gasteiger partial charge in [-0.15, -0.1) is 0 Å². The lowest BCUT2D eigenvalue weighted by atomic mass is 9.78.